The minimum atomic E-state index is -4.23. The van der Waals surface area contributed by atoms with Gasteiger partial charge in [0.25, 0.3) is 10.0 Å². The van der Waals surface area contributed by atoms with Crippen molar-refractivity contribution in [1.29, 1.82) is 0 Å². The van der Waals surface area contributed by atoms with Crippen LogP contribution in [0.4, 0.5) is 10.1 Å². The summed E-state index contributed by atoms with van der Waals surface area (Å²) in [5.41, 5.74) is 2.20. The average Bonchev–Trinajstić information content (AvgIpc) is 3.00. The van der Waals surface area contributed by atoms with E-state index >= 15 is 0 Å². The lowest BCUT2D eigenvalue weighted by Crippen LogP contribution is -2.53. The Morgan fingerprint density at radius 1 is 0.881 bits per heavy atom. The molecule has 0 radical (unpaired) electrons. The highest BCUT2D eigenvalue weighted by atomic mass is 35.5. The maximum absolute atomic E-state index is 14.3. The van der Waals surface area contributed by atoms with Crippen LogP contribution in [0.2, 0.25) is 5.02 Å². The van der Waals surface area contributed by atoms with Crippen molar-refractivity contribution in [2.75, 3.05) is 17.9 Å². The highest BCUT2D eigenvalue weighted by Crippen LogP contribution is 2.30. The van der Waals surface area contributed by atoms with Crippen molar-refractivity contribution < 1.29 is 22.4 Å². The molecule has 0 unspecified atom stereocenters. The summed E-state index contributed by atoms with van der Waals surface area (Å²) in [6.45, 7) is 1.06. The van der Waals surface area contributed by atoms with Crippen LogP contribution in [0.15, 0.2) is 108 Å². The Morgan fingerprint density at radius 3 is 2.12 bits per heavy atom. The summed E-state index contributed by atoms with van der Waals surface area (Å²) in [6, 6.07) is 26.4. The summed E-state index contributed by atoms with van der Waals surface area (Å²) in [6.07, 6.45) is 0.176. The molecule has 0 bridgehead atoms. The van der Waals surface area contributed by atoms with Gasteiger partial charge in [0.05, 0.1) is 10.6 Å². The number of rotatable bonds is 11. The number of benzene rings is 4. The lowest BCUT2D eigenvalue weighted by atomic mass is 10.0. The maximum atomic E-state index is 14.3. The lowest BCUT2D eigenvalue weighted by Gasteiger charge is -2.34. The number of hydrogen-bond acceptors (Lipinski definition) is 4. The molecule has 0 spiro atoms. The van der Waals surface area contributed by atoms with Gasteiger partial charge < -0.3 is 10.2 Å². The Labute approximate surface area is 250 Å². The number of anilines is 1. The predicted molar refractivity (Wildman–Crippen MR) is 162 cm³/mol. The minimum Gasteiger partial charge on any atom is -0.357 e. The molecule has 4 aromatic carbocycles. The summed E-state index contributed by atoms with van der Waals surface area (Å²) >= 11 is 6.28. The topological polar surface area (TPSA) is 86.8 Å². The largest absolute Gasteiger partial charge is 0.357 e. The average molecular weight is 608 g/mol. The molecule has 1 N–H and O–H groups in total. The van der Waals surface area contributed by atoms with E-state index in [-0.39, 0.29) is 23.5 Å². The monoisotopic (exact) mass is 607 g/mol. The van der Waals surface area contributed by atoms with E-state index in [1.807, 2.05) is 30.3 Å². The SMILES string of the molecule is CNC(=O)[C@H](Cc1ccccc1)N(Cc1ccc(F)cc1)C(=O)CN(c1cc(Cl)ccc1C)S(=O)(=O)c1ccccc1. The van der Waals surface area contributed by atoms with Gasteiger partial charge in [-0.25, -0.2) is 12.8 Å². The van der Waals surface area contributed by atoms with Crippen molar-refractivity contribution in [3.8, 4) is 0 Å². The molecule has 42 heavy (non-hydrogen) atoms. The van der Waals surface area contributed by atoms with Crippen molar-refractivity contribution in [2.45, 2.75) is 30.8 Å². The smallest absolute Gasteiger partial charge is 0.264 e. The third-order valence-electron chi connectivity index (χ3n) is 6.83. The van der Waals surface area contributed by atoms with Crippen LogP contribution in [0.1, 0.15) is 16.7 Å². The van der Waals surface area contributed by atoms with E-state index in [1.165, 1.54) is 54.4 Å². The van der Waals surface area contributed by atoms with Gasteiger partial charge in [0.2, 0.25) is 11.8 Å². The third kappa shape index (κ3) is 7.35. The number of carbonyl (C=O) groups excluding carboxylic acids is 2. The summed E-state index contributed by atoms with van der Waals surface area (Å²) in [5, 5.41) is 2.93. The third-order valence-corrected chi connectivity index (χ3v) is 8.84. The zero-order valence-electron chi connectivity index (χ0n) is 23.2. The van der Waals surface area contributed by atoms with Gasteiger partial charge in [0.1, 0.15) is 18.4 Å². The van der Waals surface area contributed by atoms with Crippen LogP contribution in [0.25, 0.3) is 0 Å². The zero-order valence-corrected chi connectivity index (χ0v) is 24.8. The highest BCUT2D eigenvalue weighted by Gasteiger charge is 2.34. The second-order valence-corrected chi connectivity index (χ2v) is 12.0. The molecule has 0 aliphatic carbocycles. The summed E-state index contributed by atoms with van der Waals surface area (Å²) in [7, 11) is -2.76. The van der Waals surface area contributed by atoms with Gasteiger partial charge in [-0.3, -0.25) is 13.9 Å². The Balaban J connectivity index is 1.81. The Bertz CT molecular complexity index is 1640. The number of aryl methyl sites for hydroxylation is 1. The van der Waals surface area contributed by atoms with Gasteiger partial charge in [-0.1, -0.05) is 78.3 Å². The fourth-order valence-corrected chi connectivity index (χ4v) is 6.25. The van der Waals surface area contributed by atoms with Gasteiger partial charge in [-0.2, -0.15) is 0 Å². The molecule has 1 atom stereocenters. The fourth-order valence-electron chi connectivity index (χ4n) is 4.59. The number of halogens is 2. The number of amides is 2. The number of nitrogens with zero attached hydrogens (tertiary/aromatic N) is 2. The summed E-state index contributed by atoms with van der Waals surface area (Å²) in [4.78, 5) is 28.9. The Kier molecular flexibility index (Phi) is 9.98. The Morgan fingerprint density at radius 2 is 1.50 bits per heavy atom. The van der Waals surface area contributed by atoms with E-state index in [9.17, 15) is 22.4 Å². The van der Waals surface area contributed by atoms with E-state index in [2.05, 4.69) is 5.32 Å². The second-order valence-electron chi connectivity index (χ2n) is 9.72. The standard InChI is InChI=1S/C32H31ClFN3O4S/c1-23-13-16-26(33)20-29(23)37(42(40,41)28-11-7-4-8-12-28)22-31(38)36(21-25-14-17-27(34)18-15-25)30(32(39)35-2)19-24-9-5-3-6-10-24/h3-18,20,30H,19,21-22H2,1-2H3,(H,35,39)/t30-/m0/s1. The molecule has 0 fully saturated rings. The molecule has 0 heterocycles. The van der Waals surface area contributed by atoms with Crippen LogP contribution in [0.3, 0.4) is 0 Å². The van der Waals surface area contributed by atoms with E-state index in [0.717, 1.165) is 9.87 Å². The number of likely N-dealkylation sites (N-methyl/N-ethyl adjacent to an activating group) is 1. The van der Waals surface area contributed by atoms with Crippen LogP contribution in [-0.2, 0) is 32.6 Å². The van der Waals surface area contributed by atoms with Crippen LogP contribution in [0.5, 0.6) is 0 Å². The Hall–Kier alpha value is -4.21. The highest BCUT2D eigenvalue weighted by molar-refractivity contribution is 7.92. The number of nitrogens with one attached hydrogen (secondary N) is 1. The van der Waals surface area contributed by atoms with Crippen molar-refractivity contribution in [3.05, 3.63) is 131 Å². The fraction of sp³-hybridized carbons (Fsp3) is 0.188. The van der Waals surface area contributed by atoms with E-state index in [4.69, 9.17) is 11.6 Å². The minimum absolute atomic E-state index is 0.00519. The zero-order chi connectivity index (χ0) is 30.3. The van der Waals surface area contributed by atoms with Crippen molar-refractivity contribution in [2.24, 2.45) is 0 Å². The van der Waals surface area contributed by atoms with Crippen molar-refractivity contribution in [3.63, 3.8) is 0 Å². The molecule has 10 heteroatoms. The maximum Gasteiger partial charge on any atom is 0.264 e. The van der Waals surface area contributed by atoms with Gasteiger partial charge in [0, 0.05) is 25.0 Å². The molecule has 4 aromatic rings. The molecule has 0 saturated heterocycles. The van der Waals surface area contributed by atoms with Crippen LogP contribution < -0.4 is 9.62 Å². The summed E-state index contributed by atoms with van der Waals surface area (Å²) < 4.78 is 42.7. The van der Waals surface area contributed by atoms with Gasteiger partial charge in [-0.15, -0.1) is 0 Å². The number of carbonyl (C=O) groups is 2. The molecule has 0 aliphatic heterocycles. The lowest BCUT2D eigenvalue weighted by molar-refractivity contribution is -0.139. The second kappa shape index (κ2) is 13.6. The predicted octanol–water partition coefficient (Wildman–Crippen LogP) is 5.37. The molecule has 0 aromatic heterocycles. The van der Waals surface area contributed by atoms with Crippen LogP contribution >= 0.6 is 11.6 Å². The molecule has 2 amide bonds. The number of hydrogen-bond donors (Lipinski definition) is 1. The normalized spacial score (nSPS) is 11.9. The molecular weight excluding hydrogens is 577 g/mol. The van der Waals surface area contributed by atoms with Crippen LogP contribution in [-0.4, -0.2) is 44.8 Å². The quantitative estimate of drug-likeness (QED) is 0.248. The van der Waals surface area contributed by atoms with E-state index in [0.29, 0.717) is 16.1 Å². The first-order chi connectivity index (χ1) is 20.1. The van der Waals surface area contributed by atoms with E-state index in [1.54, 1.807) is 37.3 Å². The molecule has 0 aliphatic rings. The molecular formula is C32H31ClFN3O4S. The molecule has 7 nitrogen and oxygen atoms in total. The number of sulfonamides is 1. The van der Waals surface area contributed by atoms with Gasteiger partial charge in [0.15, 0.2) is 0 Å². The first kappa shape index (κ1) is 30.7. The molecule has 0 saturated carbocycles. The van der Waals surface area contributed by atoms with Gasteiger partial charge >= 0.3 is 0 Å². The molecule has 4 rings (SSSR count). The van der Waals surface area contributed by atoms with Crippen LogP contribution in [0, 0.1) is 12.7 Å². The first-order valence-corrected chi connectivity index (χ1v) is 15.1. The van der Waals surface area contributed by atoms with Crippen molar-refractivity contribution >= 4 is 39.1 Å². The van der Waals surface area contributed by atoms with Crippen molar-refractivity contribution in [1.82, 2.24) is 10.2 Å². The first-order valence-electron chi connectivity index (χ1n) is 13.2. The van der Waals surface area contributed by atoms with Gasteiger partial charge in [-0.05, 0) is 60.0 Å². The molecule has 218 valence electrons. The van der Waals surface area contributed by atoms with E-state index < -0.39 is 40.2 Å². The summed E-state index contributed by atoms with van der Waals surface area (Å²) in [5.74, 6) is -1.49.